The van der Waals surface area contributed by atoms with Gasteiger partial charge >= 0.3 is 5.97 Å². The van der Waals surface area contributed by atoms with Crippen molar-refractivity contribution in [1.82, 2.24) is 0 Å². The molecule has 4 rings (SSSR count). The van der Waals surface area contributed by atoms with Gasteiger partial charge in [-0.2, -0.15) is 0 Å². The number of carbonyl (C=O) groups excluding carboxylic acids is 2. The van der Waals surface area contributed by atoms with E-state index in [-0.39, 0.29) is 11.3 Å². The minimum atomic E-state index is -0.526. The lowest BCUT2D eigenvalue weighted by Crippen LogP contribution is -2.15. The number of methoxy groups -OCH3 is 1. The number of thiophene rings is 1. The number of hydrogen-bond donors (Lipinski definition) is 1. The Labute approximate surface area is 170 Å². The smallest absolute Gasteiger partial charge is 0.341 e. The summed E-state index contributed by atoms with van der Waals surface area (Å²) in [6, 6.07) is 13.3. The van der Waals surface area contributed by atoms with E-state index in [0.29, 0.717) is 17.0 Å². The number of nitro groups is 1. The summed E-state index contributed by atoms with van der Waals surface area (Å²) in [6.07, 6.45) is 1.49. The minimum absolute atomic E-state index is 0.0972. The molecule has 1 aliphatic rings. The van der Waals surface area contributed by atoms with Gasteiger partial charge in [0.05, 0.1) is 17.6 Å². The van der Waals surface area contributed by atoms with E-state index < -0.39 is 16.8 Å². The third-order valence-electron chi connectivity index (χ3n) is 4.87. The van der Waals surface area contributed by atoms with Gasteiger partial charge < -0.3 is 10.1 Å². The van der Waals surface area contributed by atoms with E-state index in [1.54, 1.807) is 0 Å². The molecular formula is C21H16N2O5S. The van der Waals surface area contributed by atoms with E-state index >= 15 is 0 Å². The number of fused-ring (bicyclic) bond motifs is 3. The topological polar surface area (TPSA) is 98.5 Å². The number of hydrogen-bond acceptors (Lipinski definition) is 6. The molecule has 29 heavy (non-hydrogen) atoms. The number of nitrogens with one attached hydrogen (secondary N) is 1. The molecule has 0 atom stereocenters. The summed E-state index contributed by atoms with van der Waals surface area (Å²) in [5, 5.41) is 14.0. The van der Waals surface area contributed by atoms with E-state index in [1.807, 2.05) is 18.2 Å². The maximum atomic E-state index is 12.7. The van der Waals surface area contributed by atoms with Gasteiger partial charge in [-0.3, -0.25) is 14.9 Å². The van der Waals surface area contributed by atoms with Crippen LogP contribution in [0.1, 0.15) is 31.8 Å². The first-order chi connectivity index (χ1) is 14.0. The zero-order valence-corrected chi connectivity index (χ0v) is 16.2. The van der Waals surface area contributed by atoms with Crippen LogP contribution in [0.4, 0.5) is 10.7 Å². The molecule has 0 radical (unpaired) electrons. The molecule has 7 nitrogen and oxygen atoms in total. The summed E-state index contributed by atoms with van der Waals surface area (Å²) in [7, 11) is 1.31. The summed E-state index contributed by atoms with van der Waals surface area (Å²) in [5.74, 6) is -0.946. The second-order valence-electron chi connectivity index (χ2n) is 6.52. The quantitative estimate of drug-likeness (QED) is 0.390. The zero-order valence-electron chi connectivity index (χ0n) is 15.4. The number of nitrogens with zero attached hydrogens (tertiary/aromatic N) is 1. The third-order valence-corrected chi connectivity index (χ3v) is 6.05. The summed E-state index contributed by atoms with van der Waals surface area (Å²) in [4.78, 5) is 36.4. The first-order valence-corrected chi connectivity index (χ1v) is 9.69. The minimum Gasteiger partial charge on any atom is -0.465 e. The summed E-state index contributed by atoms with van der Waals surface area (Å²) >= 11 is 1.34. The second kappa shape index (κ2) is 7.48. The number of benzene rings is 2. The molecule has 0 saturated heterocycles. The van der Waals surface area contributed by atoms with Crippen LogP contribution < -0.4 is 5.32 Å². The average molecular weight is 408 g/mol. The molecule has 0 unspecified atom stereocenters. The zero-order chi connectivity index (χ0) is 20.5. The normalized spacial score (nSPS) is 11.9. The van der Waals surface area contributed by atoms with Crippen LogP contribution in [0.25, 0.3) is 10.4 Å². The summed E-state index contributed by atoms with van der Waals surface area (Å²) in [5.41, 5.74) is 3.67. The molecule has 2 aromatic carbocycles. The Morgan fingerprint density at radius 1 is 1.10 bits per heavy atom. The Morgan fingerprint density at radius 2 is 1.83 bits per heavy atom. The number of nitro benzene ring substituents is 1. The molecule has 0 aliphatic heterocycles. The first kappa shape index (κ1) is 18.8. The van der Waals surface area contributed by atoms with Crippen LogP contribution in [0.15, 0.2) is 48.5 Å². The van der Waals surface area contributed by atoms with Crippen LogP contribution >= 0.6 is 11.3 Å². The highest BCUT2D eigenvalue weighted by Gasteiger charge is 2.29. The van der Waals surface area contributed by atoms with Crippen molar-refractivity contribution >= 4 is 33.9 Å². The third kappa shape index (κ3) is 3.38. The molecular weight excluding hydrogens is 392 g/mol. The number of ether oxygens (including phenoxy) is 1. The van der Waals surface area contributed by atoms with Crippen LogP contribution in [-0.2, 0) is 17.6 Å². The monoisotopic (exact) mass is 408 g/mol. The van der Waals surface area contributed by atoms with Gasteiger partial charge in [0, 0.05) is 22.6 Å². The predicted octanol–water partition coefficient (Wildman–Crippen LogP) is 4.46. The van der Waals surface area contributed by atoms with Gasteiger partial charge in [0.2, 0.25) is 0 Å². The molecule has 0 bridgehead atoms. The van der Waals surface area contributed by atoms with Crippen molar-refractivity contribution in [2.45, 2.75) is 12.8 Å². The van der Waals surface area contributed by atoms with E-state index in [1.165, 1.54) is 48.3 Å². The van der Waals surface area contributed by atoms with E-state index in [4.69, 9.17) is 4.74 Å². The van der Waals surface area contributed by atoms with Gasteiger partial charge in [-0.25, -0.2) is 4.79 Å². The molecule has 146 valence electrons. The van der Waals surface area contributed by atoms with E-state index in [2.05, 4.69) is 11.4 Å². The van der Waals surface area contributed by atoms with Gasteiger partial charge in [0.1, 0.15) is 5.00 Å². The highest BCUT2D eigenvalue weighted by atomic mass is 32.1. The molecule has 1 heterocycles. The van der Waals surface area contributed by atoms with Crippen molar-refractivity contribution in [1.29, 1.82) is 0 Å². The summed E-state index contributed by atoms with van der Waals surface area (Å²) < 4.78 is 4.96. The van der Waals surface area contributed by atoms with Crippen LogP contribution in [0.3, 0.4) is 0 Å². The Kier molecular flexibility index (Phi) is 4.85. The first-order valence-electron chi connectivity index (χ1n) is 8.87. The van der Waals surface area contributed by atoms with Crippen LogP contribution in [0.2, 0.25) is 0 Å². The van der Waals surface area contributed by atoms with Gasteiger partial charge in [-0.15, -0.1) is 11.3 Å². The number of carbonyl (C=O) groups is 2. The lowest BCUT2D eigenvalue weighted by Gasteiger charge is -2.16. The lowest BCUT2D eigenvalue weighted by atomic mass is 9.89. The maximum Gasteiger partial charge on any atom is 0.341 e. The average Bonchev–Trinajstić information content (AvgIpc) is 3.11. The molecule has 0 fully saturated rings. The van der Waals surface area contributed by atoms with Crippen LogP contribution in [0, 0.1) is 10.1 Å². The van der Waals surface area contributed by atoms with Gasteiger partial charge in [-0.05, 0) is 41.7 Å². The largest absolute Gasteiger partial charge is 0.465 e. The Morgan fingerprint density at radius 3 is 2.52 bits per heavy atom. The van der Waals surface area contributed by atoms with Crippen molar-refractivity contribution in [3.8, 4) is 10.4 Å². The summed E-state index contributed by atoms with van der Waals surface area (Å²) in [6.45, 7) is 0. The predicted molar refractivity (Wildman–Crippen MR) is 110 cm³/mol. The molecule has 1 aliphatic carbocycles. The Balaban J connectivity index is 1.72. The molecule has 1 N–H and O–H groups in total. The SMILES string of the molecule is COC(=O)c1c(NC(=O)c2ccc([N+](=O)[O-])cc2)sc2c1CCc1ccccc1-2. The van der Waals surface area contributed by atoms with Gasteiger partial charge in [0.15, 0.2) is 0 Å². The van der Waals surface area contributed by atoms with E-state index in [0.717, 1.165) is 22.4 Å². The molecule has 1 amide bonds. The lowest BCUT2D eigenvalue weighted by molar-refractivity contribution is -0.384. The number of rotatable bonds is 4. The van der Waals surface area contributed by atoms with Gasteiger partial charge in [0.25, 0.3) is 11.6 Å². The van der Waals surface area contributed by atoms with Crippen molar-refractivity contribution in [2.24, 2.45) is 0 Å². The standard InChI is InChI=1S/C21H16N2O5S/c1-28-21(25)17-16-11-8-12-4-2-3-5-15(12)18(16)29-20(17)22-19(24)13-6-9-14(10-7-13)23(26)27/h2-7,9-10H,8,11H2,1H3,(H,22,24). The highest BCUT2D eigenvalue weighted by Crippen LogP contribution is 2.45. The van der Waals surface area contributed by atoms with E-state index in [9.17, 15) is 19.7 Å². The molecule has 8 heteroatoms. The maximum absolute atomic E-state index is 12.7. The van der Waals surface area contributed by atoms with Crippen molar-refractivity contribution in [3.63, 3.8) is 0 Å². The number of anilines is 1. The Bertz CT molecular complexity index is 1130. The molecule has 0 saturated carbocycles. The van der Waals surface area contributed by atoms with Gasteiger partial charge in [-0.1, -0.05) is 24.3 Å². The highest BCUT2D eigenvalue weighted by molar-refractivity contribution is 7.20. The van der Waals surface area contributed by atoms with Crippen LogP contribution in [-0.4, -0.2) is 23.9 Å². The fraction of sp³-hybridized carbons (Fsp3) is 0.143. The fourth-order valence-corrected chi connectivity index (χ4v) is 4.75. The van der Waals surface area contributed by atoms with Crippen molar-refractivity contribution in [2.75, 3.05) is 12.4 Å². The number of esters is 1. The fourth-order valence-electron chi connectivity index (χ4n) is 3.46. The number of aryl methyl sites for hydroxylation is 1. The number of non-ortho nitro benzene ring substituents is 1. The van der Waals surface area contributed by atoms with Crippen molar-refractivity contribution in [3.05, 3.63) is 80.9 Å². The number of amides is 1. The molecule has 1 aromatic heterocycles. The molecule has 0 spiro atoms. The Hall–Kier alpha value is -3.52. The molecule has 3 aromatic rings. The van der Waals surface area contributed by atoms with Crippen LogP contribution in [0.5, 0.6) is 0 Å². The second-order valence-corrected chi connectivity index (χ2v) is 7.54. The van der Waals surface area contributed by atoms with Crippen molar-refractivity contribution < 1.29 is 19.2 Å².